The standard InChI is InChI=1S/C20H30N2O3/c1-3-4-18-17-8-7-16(25-2)11-15(17)9-10-22(18)20(24)13-21-12-19(23)14-5-6-14/h7-8,11,14,18-19,21,23H,3-6,9-10,12-13H2,1-2H3. The topological polar surface area (TPSA) is 61.8 Å². The number of carbonyl (C=O) groups excluding carboxylic acids is 1. The molecule has 0 radical (unpaired) electrons. The van der Waals surface area contributed by atoms with Crippen molar-refractivity contribution in [1.29, 1.82) is 0 Å². The second kappa shape index (κ2) is 8.19. The van der Waals surface area contributed by atoms with Crippen LogP contribution in [0, 0.1) is 5.92 Å². The van der Waals surface area contributed by atoms with Crippen LogP contribution >= 0.6 is 0 Å². The van der Waals surface area contributed by atoms with Crippen molar-refractivity contribution in [2.75, 3.05) is 26.7 Å². The molecule has 2 atom stereocenters. The van der Waals surface area contributed by atoms with Gasteiger partial charge in [0.15, 0.2) is 0 Å². The Balaban J connectivity index is 1.64. The fourth-order valence-corrected chi connectivity index (χ4v) is 3.77. The van der Waals surface area contributed by atoms with Crippen molar-refractivity contribution in [2.24, 2.45) is 5.92 Å². The predicted molar refractivity (Wildman–Crippen MR) is 97.7 cm³/mol. The van der Waals surface area contributed by atoms with Gasteiger partial charge in [0, 0.05) is 13.1 Å². The Morgan fingerprint density at radius 3 is 2.92 bits per heavy atom. The van der Waals surface area contributed by atoms with Gasteiger partial charge in [-0.25, -0.2) is 0 Å². The number of aliphatic hydroxyl groups excluding tert-OH is 1. The van der Waals surface area contributed by atoms with E-state index in [4.69, 9.17) is 4.74 Å². The van der Waals surface area contributed by atoms with Crippen LogP contribution in [0.25, 0.3) is 0 Å². The van der Waals surface area contributed by atoms with Crippen molar-refractivity contribution in [1.82, 2.24) is 10.2 Å². The number of hydrogen-bond donors (Lipinski definition) is 2. The summed E-state index contributed by atoms with van der Waals surface area (Å²) in [5, 5.41) is 13.1. The van der Waals surface area contributed by atoms with Gasteiger partial charge in [-0.2, -0.15) is 0 Å². The molecule has 1 saturated carbocycles. The fourth-order valence-electron chi connectivity index (χ4n) is 3.77. The summed E-state index contributed by atoms with van der Waals surface area (Å²) in [4.78, 5) is 14.7. The first kappa shape index (κ1) is 18.2. The van der Waals surface area contributed by atoms with Crippen molar-refractivity contribution < 1.29 is 14.6 Å². The summed E-state index contributed by atoms with van der Waals surface area (Å²) >= 11 is 0. The number of benzene rings is 1. The molecule has 1 aromatic rings. The van der Waals surface area contributed by atoms with Gasteiger partial charge in [0.05, 0.1) is 25.8 Å². The highest BCUT2D eigenvalue weighted by atomic mass is 16.5. The minimum absolute atomic E-state index is 0.128. The van der Waals surface area contributed by atoms with Crippen LogP contribution in [0.5, 0.6) is 5.75 Å². The summed E-state index contributed by atoms with van der Waals surface area (Å²) in [6.45, 7) is 3.72. The molecular weight excluding hydrogens is 316 g/mol. The molecule has 5 heteroatoms. The Hall–Kier alpha value is -1.59. The van der Waals surface area contributed by atoms with Crippen molar-refractivity contribution in [3.8, 4) is 5.75 Å². The lowest BCUT2D eigenvalue weighted by Crippen LogP contribution is -2.45. The second-order valence-corrected chi connectivity index (χ2v) is 7.24. The molecule has 25 heavy (non-hydrogen) atoms. The average Bonchev–Trinajstić information content (AvgIpc) is 3.46. The van der Waals surface area contributed by atoms with E-state index >= 15 is 0 Å². The molecule has 1 heterocycles. The van der Waals surface area contributed by atoms with E-state index in [1.807, 2.05) is 11.0 Å². The zero-order valence-corrected chi connectivity index (χ0v) is 15.3. The number of hydrogen-bond acceptors (Lipinski definition) is 4. The van der Waals surface area contributed by atoms with E-state index in [0.717, 1.165) is 44.4 Å². The third-order valence-electron chi connectivity index (χ3n) is 5.39. The van der Waals surface area contributed by atoms with Crippen LogP contribution in [0.2, 0.25) is 0 Å². The Labute approximate surface area is 150 Å². The van der Waals surface area contributed by atoms with Crippen LogP contribution < -0.4 is 10.1 Å². The number of methoxy groups -OCH3 is 1. The van der Waals surface area contributed by atoms with Crippen molar-refractivity contribution in [2.45, 2.75) is 51.2 Å². The first-order chi connectivity index (χ1) is 12.1. The summed E-state index contributed by atoms with van der Waals surface area (Å²) in [7, 11) is 1.69. The molecule has 1 aliphatic carbocycles. The predicted octanol–water partition coefficient (Wildman–Crippen LogP) is 2.28. The SMILES string of the molecule is CCCC1c2ccc(OC)cc2CCN1C(=O)CNCC(O)C1CC1. The van der Waals surface area contributed by atoms with Crippen molar-refractivity contribution >= 4 is 5.91 Å². The quantitative estimate of drug-likeness (QED) is 0.758. The molecule has 1 aliphatic heterocycles. The Morgan fingerprint density at radius 2 is 2.24 bits per heavy atom. The normalized spacial score (nSPS) is 20.9. The van der Waals surface area contributed by atoms with E-state index in [1.54, 1.807) is 7.11 Å². The number of ether oxygens (including phenoxy) is 1. The molecule has 138 valence electrons. The summed E-state index contributed by atoms with van der Waals surface area (Å²) in [5.74, 6) is 1.44. The van der Waals surface area contributed by atoms with Gasteiger partial charge in [-0.15, -0.1) is 0 Å². The summed E-state index contributed by atoms with van der Waals surface area (Å²) < 4.78 is 5.34. The monoisotopic (exact) mass is 346 g/mol. The Kier molecular flexibility index (Phi) is 5.97. The van der Waals surface area contributed by atoms with Gasteiger partial charge >= 0.3 is 0 Å². The summed E-state index contributed by atoms with van der Waals surface area (Å²) in [6, 6.07) is 6.34. The molecule has 0 saturated heterocycles. The van der Waals surface area contributed by atoms with E-state index in [-0.39, 0.29) is 18.1 Å². The molecule has 2 N–H and O–H groups in total. The van der Waals surface area contributed by atoms with Gasteiger partial charge in [0.25, 0.3) is 0 Å². The van der Waals surface area contributed by atoms with Crippen LogP contribution in [0.15, 0.2) is 18.2 Å². The number of nitrogens with one attached hydrogen (secondary N) is 1. The first-order valence-corrected chi connectivity index (χ1v) is 9.49. The largest absolute Gasteiger partial charge is 0.497 e. The van der Waals surface area contributed by atoms with E-state index < -0.39 is 0 Å². The molecule has 0 bridgehead atoms. The van der Waals surface area contributed by atoms with E-state index in [9.17, 15) is 9.90 Å². The Morgan fingerprint density at radius 1 is 1.44 bits per heavy atom. The van der Waals surface area contributed by atoms with Crippen LogP contribution in [0.1, 0.15) is 49.8 Å². The zero-order chi connectivity index (χ0) is 17.8. The molecule has 0 aromatic heterocycles. The van der Waals surface area contributed by atoms with E-state index in [0.29, 0.717) is 19.0 Å². The van der Waals surface area contributed by atoms with Crippen LogP contribution in [-0.2, 0) is 11.2 Å². The van der Waals surface area contributed by atoms with Crippen molar-refractivity contribution in [3.05, 3.63) is 29.3 Å². The third-order valence-corrected chi connectivity index (χ3v) is 5.39. The number of rotatable bonds is 8. The molecule has 2 unspecified atom stereocenters. The average molecular weight is 346 g/mol. The molecule has 5 nitrogen and oxygen atoms in total. The fraction of sp³-hybridized carbons (Fsp3) is 0.650. The second-order valence-electron chi connectivity index (χ2n) is 7.24. The number of carbonyl (C=O) groups is 1. The lowest BCUT2D eigenvalue weighted by Gasteiger charge is -2.38. The van der Waals surface area contributed by atoms with Gasteiger partial charge in [0.2, 0.25) is 5.91 Å². The summed E-state index contributed by atoms with van der Waals surface area (Å²) in [5.41, 5.74) is 2.54. The van der Waals surface area contributed by atoms with Gasteiger partial charge in [0.1, 0.15) is 5.75 Å². The number of aliphatic hydroxyl groups is 1. The van der Waals surface area contributed by atoms with Crippen LogP contribution in [0.3, 0.4) is 0 Å². The lowest BCUT2D eigenvalue weighted by atomic mass is 9.89. The maximum atomic E-state index is 12.7. The van der Waals surface area contributed by atoms with Crippen molar-refractivity contribution in [3.63, 3.8) is 0 Å². The highest BCUT2D eigenvalue weighted by molar-refractivity contribution is 5.79. The van der Waals surface area contributed by atoms with Crippen LogP contribution in [-0.4, -0.2) is 48.8 Å². The minimum atomic E-state index is -0.311. The molecule has 1 aromatic carbocycles. The number of fused-ring (bicyclic) bond motifs is 1. The number of nitrogens with zero attached hydrogens (tertiary/aromatic N) is 1. The number of amides is 1. The zero-order valence-electron chi connectivity index (χ0n) is 15.3. The molecule has 2 aliphatic rings. The molecule has 1 amide bonds. The molecule has 3 rings (SSSR count). The highest BCUT2D eigenvalue weighted by Gasteiger charge is 2.31. The third kappa shape index (κ3) is 4.33. The lowest BCUT2D eigenvalue weighted by molar-refractivity contribution is -0.133. The summed E-state index contributed by atoms with van der Waals surface area (Å²) in [6.07, 6.45) is 4.78. The van der Waals surface area contributed by atoms with E-state index in [1.165, 1.54) is 11.1 Å². The highest BCUT2D eigenvalue weighted by Crippen LogP contribution is 2.35. The maximum Gasteiger partial charge on any atom is 0.237 e. The Bertz CT molecular complexity index is 601. The maximum absolute atomic E-state index is 12.7. The smallest absolute Gasteiger partial charge is 0.237 e. The molecule has 1 fully saturated rings. The minimum Gasteiger partial charge on any atom is -0.497 e. The molecule has 0 spiro atoms. The molecular formula is C20H30N2O3. The van der Waals surface area contributed by atoms with Gasteiger partial charge in [-0.05, 0) is 54.9 Å². The van der Waals surface area contributed by atoms with Gasteiger partial charge < -0.3 is 20.1 Å². The van der Waals surface area contributed by atoms with Gasteiger partial charge in [-0.1, -0.05) is 19.4 Å². The van der Waals surface area contributed by atoms with Gasteiger partial charge in [-0.3, -0.25) is 4.79 Å². The van der Waals surface area contributed by atoms with E-state index in [2.05, 4.69) is 24.4 Å². The first-order valence-electron chi connectivity index (χ1n) is 9.49. The van der Waals surface area contributed by atoms with Crippen LogP contribution in [0.4, 0.5) is 0 Å².